The van der Waals surface area contributed by atoms with E-state index in [4.69, 9.17) is 0 Å². The van der Waals surface area contributed by atoms with Gasteiger partial charge in [-0.2, -0.15) is 5.10 Å². The van der Waals surface area contributed by atoms with Gasteiger partial charge in [0.25, 0.3) is 0 Å². The molecule has 0 radical (unpaired) electrons. The molecule has 1 aliphatic carbocycles. The summed E-state index contributed by atoms with van der Waals surface area (Å²) in [6, 6.07) is 0.608. The summed E-state index contributed by atoms with van der Waals surface area (Å²) in [6.07, 6.45) is 8.46. The Balaban J connectivity index is 1.94. The lowest BCUT2D eigenvalue weighted by Crippen LogP contribution is -2.07. The van der Waals surface area contributed by atoms with E-state index in [0.29, 0.717) is 6.04 Å². The fraction of sp³-hybridized carbons (Fsp3) is 0.500. The Morgan fingerprint density at radius 2 is 2.24 bits per heavy atom. The Kier molecular flexibility index (Phi) is 2.39. The van der Waals surface area contributed by atoms with E-state index in [0.717, 1.165) is 23.9 Å². The van der Waals surface area contributed by atoms with E-state index in [1.165, 1.54) is 12.8 Å². The number of rotatable bonds is 4. The van der Waals surface area contributed by atoms with Crippen LogP contribution in [0.1, 0.15) is 25.5 Å². The SMILES string of the molecule is CCn1cc(-n2cc(C)nc2NC2CC2)cn1. The Bertz CT molecular complexity index is 521. The molecule has 1 saturated carbocycles. The summed E-state index contributed by atoms with van der Waals surface area (Å²) in [5.41, 5.74) is 2.09. The fourth-order valence-corrected chi connectivity index (χ4v) is 1.86. The molecule has 5 heteroatoms. The van der Waals surface area contributed by atoms with Crippen LogP contribution in [-0.2, 0) is 6.54 Å². The topological polar surface area (TPSA) is 47.7 Å². The molecule has 90 valence electrons. The average molecular weight is 231 g/mol. The summed E-state index contributed by atoms with van der Waals surface area (Å²) in [6.45, 7) is 4.98. The highest BCUT2D eigenvalue weighted by Crippen LogP contribution is 2.25. The second kappa shape index (κ2) is 3.91. The van der Waals surface area contributed by atoms with Crippen LogP contribution < -0.4 is 5.32 Å². The molecule has 0 spiro atoms. The average Bonchev–Trinajstić information content (AvgIpc) is 2.88. The standard InChI is InChI=1S/C12H17N5/c1-3-16-8-11(6-13-16)17-7-9(2)14-12(17)15-10-4-5-10/h6-8,10H,3-5H2,1-2H3,(H,14,15). The molecule has 2 heterocycles. The van der Waals surface area contributed by atoms with Crippen LogP contribution >= 0.6 is 0 Å². The predicted octanol–water partition coefficient (Wildman–Crippen LogP) is 1.97. The van der Waals surface area contributed by atoms with E-state index in [1.54, 1.807) is 0 Å². The number of hydrogen-bond acceptors (Lipinski definition) is 3. The highest BCUT2D eigenvalue weighted by molar-refractivity contribution is 5.42. The van der Waals surface area contributed by atoms with Gasteiger partial charge in [-0.25, -0.2) is 4.98 Å². The minimum atomic E-state index is 0.608. The van der Waals surface area contributed by atoms with Crippen molar-refractivity contribution < 1.29 is 0 Å². The molecule has 1 fully saturated rings. The monoisotopic (exact) mass is 231 g/mol. The molecule has 0 aromatic carbocycles. The molecule has 0 saturated heterocycles. The first-order valence-electron chi connectivity index (χ1n) is 6.11. The van der Waals surface area contributed by atoms with Crippen LogP contribution in [0.3, 0.4) is 0 Å². The van der Waals surface area contributed by atoms with Crippen molar-refractivity contribution in [3.8, 4) is 5.69 Å². The molecular weight excluding hydrogens is 214 g/mol. The van der Waals surface area contributed by atoms with Crippen LogP contribution in [0, 0.1) is 6.92 Å². The second-order valence-electron chi connectivity index (χ2n) is 4.55. The Morgan fingerprint density at radius 3 is 2.88 bits per heavy atom. The Hall–Kier alpha value is -1.78. The van der Waals surface area contributed by atoms with Crippen molar-refractivity contribution in [3.05, 3.63) is 24.3 Å². The zero-order valence-corrected chi connectivity index (χ0v) is 10.2. The van der Waals surface area contributed by atoms with Crippen molar-refractivity contribution >= 4 is 5.95 Å². The minimum Gasteiger partial charge on any atom is -0.353 e. The van der Waals surface area contributed by atoms with Gasteiger partial charge in [0.05, 0.1) is 17.6 Å². The molecule has 0 unspecified atom stereocenters. The third-order valence-corrected chi connectivity index (χ3v) is 2.96. The fourth-order valence-electron chi connectivity index (χ4n) is 1.86. The van der Waals surface area contributed by atoms with Crippen molar-refractivity contribution in [2.75, 3.05) is 5.32 Å². The van der Waals surface area contributed by atoms with Gasteiger partial charge in [-0.1, -0.05) is 0 Å². The first kappa shape index (κ1) is 10.4. The lowest BCUT2D eigenvalue weighted by Gasteiger charge is -2.06. The molecule has 5 nitrogen and oxygen atoms in total. The molecule has 0 bridgehead atoms. The zero-order chi connectivity index (χ0) is 11.8. The molecule has 0 amide bonds. The largest absolute Gasteiger partial charge is 0.353 e. The maximum absolute atomic E-state index is 4.52. The number of anilines is 1. The number of imidazole rings is 1. The smallest absolute Gasteiger partial charge is 0.208 e. The molecule has 1 aliphatic rings. The predicted molar refractivity (Wildman–Crippen MR) is 66.4 cm³/mol. The first-order valence-corrected chi connectivity index (χ1v) is 6.11. The number of nitrogens with one attached hydrogen (secondary N) is 1. The number of aromatic nitrogens is 4. The highest BCUT2D eigenvalue weighted by Gasteiger charge is 2.23. The van der Waals surface area contributed by atoms with E-state index >= 15 is 0 Å². The molecule has 2 aromatic heterocycles. The molecular formula is C12H17N5. The molecule has 0 aliphatic heterocycles. The minimum absolute atomic E-state index is 0.608. The van der Waals surface area contributed by atoms with Crippen molar-refractivity contribution in [2.45, 2.75) is 39.3 Å². The second-order valence-corrected chi connectivity index (χ2v) is 4.55. The molecule has 17 heavy (non-hydrogen) atoms. The van der Waals surface area contributed by atoms with Crippen molar-refractivity contribution in [1.82, 2.24) is 19.3 Å². The molecule has 2 aromatic rings. The van der Waals surface area contributed by atoms with Gasteiger partial charge < -0.3 is 5.32 Å². The van der Waals surface area contributed by atoms with E-state index in [9.17, 15) is 0 Å². The van der Waals surface area contributed by atoms with Crippen LogP contribution in [-0.4, -0.2) is 25.4 Å². The van der Waals surface area contributed by atoms with Crippen LogP contribution in [0.25, 0.3) is 5.69 Å². The molecule has 0 atom stereocenters. The van der Waals surface area contributed by atoms with E-state index in [1.807, 2.05) is 30.2 Å². The lowest BCUT2D eigenvalue weighted by molar-refractivity contribution is 0.659. The summed E-state index contributed by atoms with van der Waals surface area (Å²) in [7, 11) is 0. The van der Waals surface area contributed by atoms with Gasteiger partial charge in [-0.05, 0) is 26.7 Å². The van der Waals surface area contributed by atoms with E-state index in [-0.39, 0.29) is 0 Å². The van der Waals surface area contributed by atoms with Gasteiger partial charge in [-0.15, -0.1) is 0 Å². The van der Waals surface area contributed by atoms with Crippen LogP contribution in [0.5, 0.6) is 0 Å². The summed E-state index contributed by atoms with van der Waals surface area (Å²) in [5.74, 6) is 0.931. The van der Waals surface area contributed by atoms with Crippen LogP contribution in [0.4, 0.5) is 5.95 Å². The summed E-state index contributed by atoms with van der Waals surface area (Å²) in [5, 5.41) is 7.74. The van der Waals surface area contributed by atoms with Gasteiger partial charge in [0.15, 0.2) is 0 Å². The molecule has 3 rings (SSSR count). The third kappa shape index (κ3) is 2.05. The van der Waals surface area contributed by atoms with Crippen LogP contribution in [0.15, 0.2) is 18.6 Å². The third-order valence-electron chi connectivity index (χ3n) is 2.96. The maximum atomic E-state index is 4.52. The molecule has 1 N–H and O–H groups in total. The number of nitrogens with zero attached hydrogens (tertiary/aromatic N) is 4. The first-order chi connectivity index (χ1) is 8.26. The van der Waals surface area contributed by atoms with Gasteiger partial charge in [0.1, 0.15) is 0 Å². The highest BCUT2D eigenvalue weighted by atomic mass is 15.3. The van der Waals surface area contributed by atoms with E-state index in [2.05, 4.69) is 26.9 Å². The van der Waals surface area contributed by atoms with Crippen molar-refractivity contribution in [1.29, 1.82) is 0 Å². The Morgan fingerprint density at radius 1 is 1.41 bits per heavy atom. The van der Waals surface area contributed by atoms with Crippen LogP contribution in [0.2, 0.25) is 0 Å². The lowest BCUT2D eigenvalue weighted by atomic mass is 10.5. The van der Waals surface area contributed by atoms with Gasteiger partial charge in [-0.3, -0.25) is 9.25 Å². The summed E-state index contributed by atoms with van der Waals surface area (Å²) in [4.78, 5) is 4.52. The maximum Gasteiger partial charge on any atom is 0.208 e. The summed E-state index contributed by atoms with van der Waals surface area (Å²) < 4.78 is 4.00. The van der Waals surface area contributed by atoms with E-state index < -0.39 is 0 Å². The van der Waals surface area contributed by atoms with Gasteiger partial charge in [0.2, 0.25) is 5.95 Å². The normalized spacial score (nSPS) is 15.2. The van der Waals surface area contributed by atoms with Gasteiger partial charge in [0, 0.05) is 25.0 Å². The Labute approximate surface area is 100 Å². The van der Waals surface area contributed by atoms with Crippen molar-refractivity contribution in [2.24, 2.45) is 0 Å². The quantitative estimate of drug-likeness (QED) is 0.875. The number of hydrogen-bond donors (Lipinski definition) is 1. The van der Waals surface area contributed by atoms with Crippen molar-refractivity contribution in [3.63, 3.8) is 0 Å². The number of aryl methyl sites for hydroxylation is 2. The summed E-state index contributed by atoms with van der Waals surface area (Å²) >= 11 is 0. The van der Waals surface area contributed by atoms with Gasteiger partial charge >= 0.3 is 0 Å². The zero-order valence-electron chi connectivity index (χ0n) is 10.2.